The molecule has 1 heterocycles. The highest BCUT2D eigenvalue weighted by atomic mass is 35.5. The molecule has 0 amide bonds. The van der Waals surface area contributed by atoms with E-state index in [2.05, 4.69) is 4.98 Å². The van der Waals surface area contributed by atoms with E-state index in [4.69, 9.17) is 11.6 Å². The van der Waals surface area contributed by atoms with Gasteiger partial charge in [-0.1, -0.05) is 35.9 Å². The maximum absolute atomic E-state index is 11.0. The second-order valence-corrected chi connectivity index (χ2v) is 6.10. The van der Waals surface area contributed by atoms with Crippen molar-refractivity contribution in [2.45, 2.75) is 6.92 Å². The van der Waals surface area contributed by atoms with Crippen LogP contribution in [-0.2, 0) is 0 Å². The van der Waals surface area contributed by atoms with Crippen molar-refractivity contribution in [3.63, 3.8) is 0 Å². The zero-order chi connectivity index (χ0) is 15.7. The third kappa shape index (κ3) is 2.86. The molecule has 1 aromatic heterocycles. The SMILES string of the molecule is Cc1ccc(-c2csc(-c3cccc(Cl)c3)n2)cc1[N+](=O)[O-]. The van der Waals surface area contributed by atoms with Gasteiger partial charge in [-0.05, 0) is 19.1 Å². The quantitative estimate of drug-likeness (QED) is 0.480. The fraction of sp³-hybridized carbons (Fsp3) is 0.0625. The third-order valence-electron chi connectivity index (χ3n) is 3.28. The molecule has 0 unspecified atom stereocenters. The highest BCUT2D eigenvalue weighted by Gasteiger charge is 2.14. The Morgan fingerprint density at radius 3 is 2.73 bits per heavy atom. The largest absolute Gasteiger partial charge is 0.272 e. The summed E-state index contributed by atoms with van der Waals surface area (Å²) >= 11 is 7.48. The van der Waals surface area contributed by atoms with Gasteiger partial charge in [0, 0.05) is 33.2 Å². The van der Waals surface area contributed by atoms with Crippen LogP contribution in [0.5, 0.6) is 0 Å². The molecule has 0 radical (unpaired) electrons. The van der Waals surface area contributed by atoms with Gasteiger partial charge in [0.15, 0.2) is 0 Å². The molecule has 0 N–H and O–H groups in total. The van der Waals surface area contributed by atoms with Gasteiger partial charge in [-0.2, -0.15) is 0 Å². The van der Waals surface area contributed by atoms with Gasteiger partial charge < -0.3 is 0 Å². The predicted octanol–water partition coefficient (Wildman–Crippen LogP) is 5.35. The molecule has 0 saturated heterocycles. The highest BCUT2D eigenvalue weighted by Crippen LogP contribution is 2.32. The summed E-state index contributed by atoms with van der Waals surface area (Å²) in [6.07, 6.45) is 0. The van der Waals surface area contributed by atoms with Crippen molar-refractivity contribution >= 4 is 28.6 Å². The molecule has 2 aromatic carbocycles. The molecule has 6 heteroatoms. The molecule has 3 aromatic rings. The van der Waals surface area contributed by atoms with E-state index in [0.717, 1.165) is 21.8 Å². The molecular weight excluding hydrogens is 320 g/mol. The van der Waals surface area contributed by atoms with Crippen LogP contribution in [-0.4, -0.2) is 9.91 Å². The van der Waals surface area contributed by atoms with Gasteiger partial charge in [-0.3, -0.25) is 10.1 Å². The smallest absolute Gasteiger partial charge is 0.258 e. The topological polar surface area (TPSA) is 56.0 Å². The summed E-state index contributed by atoms with van der Waals surface area (Å²) in [7, 11) is 0. The van der Waals surface area contributed by atoms with Crippen LogP contribution in [0.25, 0.3) is 21.8 Å². The van der Waals surface area contributed by atoms with Crippen molar-refractivity contribution in [3.8, 4) is 21.8 Å². The van der Waals surface area contributed by atoms with E-state index in [-0.39, 0.29) is 10.6 Å². The van der Waals surface area contributed by atoms with E-state index < -0.39 is 0 Å². The molecule has 110 valence electrons. The lowest BCUT2D eigenvalue weighted by Gasteiger charge is -2.00. The maximum atomic E-state index is 11.0. The summed E-state index contributed by atoms with van der Waals surface area (Å²) in [4.78, 5) is 15.2. The van der Waals surface area contributed by atoms with Crippen LogP contribution in [0, 0.1) is 17.0 Å². The Labute approximate surface area is 136 Å². The van der Waals surface area contributed by atoms with Crippen molar-refractivity contribution in [2.75, 3.05) is 0 Å². The van der Waals surface area contributed by atoms with E-state index in [1.165, 1.54) is 11.3 Å². The first-order chi connectivity index (χ1) is 10.5. The first-order valence-corrected chi connectivity index (χ1v) is 7.77. The van der Waals surface area contributed by atoms with E-state index in [1.807, 2.05) is 35.7 Å². The fourth-order valence-electron chi connectivity index (χ4n) is 2.13. The average Bonchev–Trinajstić information content (AvgIpc) is 2.97. The average molecular weight is 331 g/mol. The van der Waals surface area contributed by atoms with E-state index in [9.17, 15) is 10.1 Å². The summed E-state index contributed by atoms with van der Waals surface area (Å²) in [6.45, 7) is 1.72. The molecule has 0 atom stereocenters. The molecule has 4 nitrogen and oxygen atoms in total. The van der Waals surface area contributed by atoms with Gasteiger partial charge in [0.2, 0.25) is 0 Å². The van der Waals surface area contributed by atoms with Crippen molar-refractivity contribution in [1.82, 2.24) is 4.98 Å². The minimum Gasteiger partial charge on any atom is -0.258 e. The van der Waals surface area contributed by atoms with Crippen molar-refractivity contribution in [1.29, 1.82) is 0 Å². The van der Waals surface area contributed by atoms with Gasteiger partial charge in [-0.15, -0.1) is 11.3 Å². The molecule has 0 spiro atoms. The number of aryl methyl sites for hydroxylation is 1. The Hall–Kier alpha value is -2.24. The molecule has 3 rings (SSSR count). The first kappa shape index (κ1) is 14.7. The molecule has 0 aliphatic carbocycles. The molecular formula is C16H11ClN2O2S. The molecule has 0 bridgehead atoms. The molecule has 0 saturated carbocycles. The highest BCUT2D eigenvalue weighted by molar-refractivity contribution is 7.13. The number of rotatable bonds is 3. The summed E-state index contributed by atoms with van der Waals surface area (Å²) in [6, 6.07) is 12.6. The van der Waals surface area contributed by atoms with Crippen LogP contribution in [0.3, 0.4) is 0 Å². The molecule has 0 aliphatic rings. The third-order valence-corrected chi connectivity index (χ3v) is 4.40. The van der Waals surface area contributed by atoms with Crippen LogP contribution in [0.4, 0.5) is 5.69 Å². The van der Waals surface area contributed by atoms with Gasteiger partial charge in [0.05, 0.1) is 10.6 Å². The fourth-order valence-corrected chi connectivity index (χ4v) is 3.14. The second-order valence-electron chi connectivity index (χ2n) is 4.81. The summed E-state index contributed by atoms with van der Waals surface area (Å²) < 4.78 is 0. The van der Waals surface area contributed by atoms with Gasteiger partial charge >= 0.3 is 0 Å². The Morgan fingerprint density at radius 2 is 2.00 bits per heavy atom. The van der Waals surface area contributed by atoms with E-state index in [1.54, 1.807) is 19.1 Å². The number of hydrogen-bond donors (Lipinski definition) is 0. The summed E-state index contributed by atoms with van der Waals surface area (Å²) in [5.41, 5.74) is 3.14. The Kier molecular flexibility index (Phi) is 3.92. The zero-order valence-corrected chi connectivity index (χ0v) is 13.2. The summed E-state index contributed by atoms with van der Waals surface area (Å²) in [5, 5.41) is 14.4. The van der Waals surface area contributed by atoms with E-state index in [0.29, 0.717) is 10.6 Å². The van der Waals surface area contributed by atoms with Gasteiger partial charge in [-0.25, -0.2) is 4.98 Å². The standard InChI is InChI=1S/C16H11ClN2O2S/c1-10-5-6-11(8-15(10)19(20)21)14-9-22-16(18-14)12-3-2-4-13(17)7-12/h2-9H,1H3. The Balaban J connectivity index is 2.01. The number of benzene rings is 2. The second kappa shape index (κ2) is 5.87. The number of hydrogen-bond acceptors (Lipinski definition) is 4. The van der Waals surface area contributed by atoms with Crippen molar-refractivity contribution in [2.24, 2.45) is 0 Å². The number of nitro groups is 1. The molecule has 0 aliphatic heterocycles. The zero-order valence-electron chi connectivity index (χ0n) is 11.6. The number of nitrogens with zero attached hydrogens (tertiary/aromatic N) is 2. The number of thiazole rings is 1. The normalized spacial score (nSPS) is 10.6. The molecule has 0 fully saturated rings. The summed E-state index contributed by atoms with van der Waals surface area (Å²) in [5.74, 6) is 0. The Bertz CT molecular complexity index is 861. The van der Waals surface area contributed by atoms with Crippen LogP contribution in [0.2, 0.25) is 5.02 Å². The number of halogens is 1. The molecule has 22 heavy (non-hydrogen) atoms. The maximum Gasteiger partial charge on any atom is 0.272 e. The Morgan fingerprint density at radius 1 is 1.18 bits per heavy atom. The van der Waals surface area contributed by atoms with Crippen LogP contribution < -0.4 is 0 Å². The van der Waals surface area contributed by atoms with Crippen LogP contribution in [0.15, 0.2) is 47.8 Å². The van der Waals surface area contributed by atoms with E-state index >= 15 is 0 Å². The van der Waals surface area contributed by atoms with Crippen LogP contribution in [0.1, 0.15) is 5.56 Å². The minimum atomic E-state index is -0.372. The number of nitro benzene ring substituents is 1. The van der Waals surface area contributed by atoms with Crippen LogP contribution >= 0.6 is 22.9 Å². The van der Waals surface area contributed by atoms with Crippen molar-refractivity contribution < 1.29 is 4.92 Å². The first-order valence-electron chi connectivity index (χ1n) is 6.51. The monoisotopic (exact) mass is 330 g/mol. The van der Waals surface area contributed by atoms with Gasteiger partial charge in [0.1, 0.15) is 5.01 Å². The number of aromatic nitrogens is 1. The minimum absolute atomic E-state index is 0.106. The lowest BCUT2D eigenvalue weighted by Crippen LogP contribution is -1.92. The lowest BCUT2D eigenvalue weighted by molar-refractivity contribution is -0.385. The van der Waals surface area contributed by atoms with Crippen molar-refractivity contribution in [3.05, 3.63) is 68.5 Å². The lowest BCUT2D eigenvalue weighted by atomic mass is 10.1. The van der Waals surface area contributed by atoms with Gasteiger partial charge in [0.25, 0.3) is 5.69 Å². The predicted molar refractivity (Wildman–Crippen MR) is 89.4 cm³/mol.